The smallest absolute Gasteiger partial charge is 0.340 e. The summed E-state index contributed by atoms with van der Waals surface area (Å²) < 4.78 is 15.9. The molecule has 2 rings (SSSR count). The van der Waals surface area contributed by atoms with Crippen LogP contribution in [-0.4, -0.2) is 37.0 Å². The summed E-state index contributed by atoms with van der Waals surface area (Å²) in [5.41, 5.74) is 2.43. The monoisotopic (exact) mass is 375 g/mol. The topological polar surface area (TPSA) is 74.2 Å². The van der Waals surface area contributed by atoms with Gasteiger partial charge in [-0.3, -0.25) is 9.79 Å². The van der Waals surface area contributed by atoms with Gasteiger partial charge in [0.25, 0.3) is 0 Å². The first-order valence-electron chi connectivity index (χ1n) is 9.19. The number of methoxy groups -OCH3 is 1. The van der Waals surface area contributed by atoms with Crippen molar-refractivity contribution in [1.82, 2.24) is 0 Å². The number of fused-ring (bicyclic) bond motifs is 1. The molecule has 0 amide bonds. The minimum absolute atomic E-state index is 0.130. The Morgan fingerprint density at radius 3 is 2.41 bits per heavy atom. The minimum atomic E-state index is -0.525. The molecule has 2 unspecified atom stereocenters. The van der Waals surface area contributed by atoms with E-state index in [0.29, 0.717) is 17.0 Å². The van der Waals surface area contributed by atoms with Crippen LogP contribution in [0.15, 0.2) is 17.1 Å². The molecule has 1 heterocycles. The molecule has 0 radical (unpaired) electrons. The highest BCUT2D eigenvalue weighted by Crippen LogP contribution is 2.42. The summed E-state index contributed by atoms with van der Waals surface area (Å²) in [4.78, 5) is 28.7. The van der Waals surface area contributed by atoms with Crippen LogP contribution in [-0.2, 0) is 14.3 Å². The largest absolute Gasteiger partial charge is 0.493 e. The number of nitrogens with zero attached hydrogens (tertiary/aromatic N) is 1. The molecule has 148 valence electrons. The second-order valence-corrected chi connectivity index (χ2v) is 7.92. The van der Waals surface area contributed by atoms with Gasteiger partial charge in [-0.15, -0.1) is 0 Å². The summed E-state index contributed by atoms with van der Waals surface area (Å²) in [6.45, 7) is 11.8. The highest BCUT2D eigenvalue weighted by molar-refractivity contribution is 6.00. The normalized spacial score (nSPS) is 19.0. The van der Waals surface area contributed by atoms with Crippen LogP contribution in [0.3, 0.4) is 0 Å². The van der Waals surface area contributed by atoms with Gasteiger partial charge in [0.05, 0.1) is 31.4 Å². The van der Waals surface area contributed by atoms with E-state index in [4.69, 9.17) is 14.2 Å². The van der Waals surface area contributed by atoms with Crippen LogP contribution in [0, 0.1) is 5.92 Å². The van der Waals surface area contributed by atoms with Crippen molar-refractivity contribution in [1.29, 1.82) is 0 Å². The molecule has 0 N–H and O–H groups in total. The molecule has 6 nitrogen and oxygen atoms in total. The van der Waals surface area contributed by atoms with Crippen LogP contribution in [0.4, 0.5) is 5.69 Å². The molecule has 0 fully saturated rings. The number of hydrogen-bond acceptors (Lipinski definition) is 6. The summed E-state index contributed by atoms with van der Waals surface area (Å²) in [6.07, 6.45) is 0.130. The van der Waals surface area contributed by atoms with Gasteiger partial charge in [-0.1, -0.05) is 13.8 Å². The molecule has 1 aliphatic heterocycles. The van der Waals surface area contributed by atoms with Gasteiger partial charge in [0, 0.05) is 11.6 Å². The predicted molar refractivity (Wildman–Crippen MR) is 104 cm³/mol. The molecule has 0 bridgehead atoms. The first-order chi connectivity index (χ1) is 12.5. The zero-order valence-electron chi connectivity index (χ0n) is 17.2. The van der Waals surface area contributed by atoms with Crippen molar-refractivity contribution in [2.75, 3.05) is 13.7 Å². The standard InChI is InChI=1S/C21H29NO5/c1-12-13(2)16-10-15(26-9-8-18(23)27-21(4,5)6)11-17(20(24)25-7)19(16)22-14(12)3/h10-13H,8-9H2,1-7H3. The lowest BCUT2D eigenvalue weighted by Gasteiger charge is -2.28. The van der Waals surface area contributed by atoms with Crippen LogP contribution in [0.2, 0.25) is 0 Å². The second-order valence-electron chi connectivity index (χ2n) is 7.92. The lowest BCUT2D eigenvalue weighted by atomic mass is 9.81. The Morgan fingerprint density at radius 1 is 1.15 bits per heavy atom. The molecule has 2 atom stereocenters. The quantitative estimate of drug-likeness (QED) is 0.712. The number of esters is 2. The van der Waals surface area contributed by atoms with Crippen molar-refractivity contribution >= 4 is 23.3 Å². The van der Waals surface area contributed by atoms with E-state index in [9.17, 15) is 9.59 Å². The first-order valence-corrected chi connectivity index (χ1v) is 9.19. The predicted octanol–water partition coefficient (Wildman–Crippen LogP) is 4.43. The molecule has 1 aromatic rings. The highest BCUT2D eigenvalue weighted by atomic mass is 16.6. The van der Waals surface area contributed by atoms with Gasteiger partial charge in [-0.05, 0) is 51.3 Å². The van der Waals surface area contributed by atoms with Gasteiger partial charge in [0.15, 0.2) is 0 Å². The van der Waals surface area contributed by atoms with Gasteiger partial charge in [-0.25, -0.2) is 4.79 Å². The Kier molecular flexibility index (Phi) is 6.29. The Hall–Kier alpha value is -2.37. The second kappa shape index (κ2) is 8.11. The highest BCUT2D eigenvalue weighted by Gasteiger charge is 2.29. The third-order valence-corrected chi connectivity index (χ3v) is 4.70. The zero-order valence-corrected chi connectivity index (χ0v) is 17.2. The maximum absolute atomic E-state index is 12.3. The number of ether oxygens (including phenoxy) is 3. The third kappa shape index (κ3) is 5.08. The Morgan fingerprint density at radius 2 is 1.81 bits per heavy atom. The maximum atomic E-state index is 12.3. The van der Waals surface area contributed by atoms with E-state index < -0.39 is 11.6 Å². The summed E-state index contributed by atoms with van der Waals surface area (Å²) in [6, 6.07) is 3.52. The number of rotatable bonds is 5. The fourth-order valence-electron chi connectivity index (χ4n) is 3.00. The van der Waals surface area contributed by atoms with E-state index in [1.54, 1.807) is 6.07 Å². The molecular formula is C21H29NO5. The van der Waals surface area contributed by atoms with E-state index in [1.807, 2.05) is 33.8 Å². The van der Waals surface area contributed by atoms with Crippen molar-refractivity contribution in [2.45, 2.75) is 59.5 Å². The summed E-state index contributed by atoms with van der Waals surface area (Å²) >= 11 is 0. The molecule has 0 aliphatic carbocycles. The summed E-state index contributed by atoms with van der Waals surface area (Å²) in [7, 11) is 1.34. The van der Waals surface area contributed by atoms with E-state index in [0.717, 1.165) is 11.3 Å². The molecule has 0 spiro atoms. The summed E-state index contributed by atoms with van der Waals surface area (Å²) in [5, 5.41) is 0. The van der Waals surface area contributed by atoms with Crippen LogP contribution in [0.1, 0.15) is 69.8 Å². The van der Waals surface area contributed by atoms with Crippen LogP contribution < -0.4 is 4.74 Å². The summed E-state index contributed by atoms with van der Waals surface area (Å²) in [5.74, 6) is 0.194. The van der Waals surface area contributed by atoms with E-state index in [-0.39, 0.29) is 30.8 Å². The van der Waals surface area contributed by atoms with Gasteiger partial charge in [0.1, 0.15) is 11.4 Å². The number of aliphatic imine (C=N–C) groups is 1. The van der Waals surface area contributed by atoms with Gasteiger partial charge < -0.3 is 14.2 Å². The molecule has 27 heavy (non-hydrogen) atoms. The SMILES string of the molecule is COC(=O)c1cc(OCCC(=O)OC(C)(C)C)cc2c1N=C(C)C(C)C2C. The molecular weight excluding hydrogens is 346 g/mol. The molecule has 0 saturated heterocycles. The zero-order chi connectivity index (χ0) is 20.4. The van der Waals surface area contributed by atoms with Gasteiger partial charge >= 0.3 is 11.9 Å². The molecule has 1 aliphatic rings. The third-order valence-electron chi connectivity index (χ3n) is 4.70. The number of carbonyl (C=O) groups is 2. The molecule has 0 aromatic heterocycles. The Bertz CT molecular complexity index is 761. The van der Waals surface area contributed by atoms with E-state index in [2.05, 4.69) is 18.8 Å². The van der Waals surface area contributed by atoms with Gasteiger partial charge in [0.2, 0.25) is 0 Å². The molecule has 6 heteroatoms. The van der Waals surface area contributed by atoms with E-state index in [1.165, 1.54) is 7.11 Å². The average molecular weight is 375 g/mol. The lowest BCUT2D eigenvalue weighted by Crippen LogP contribution is -2.24. The minimum Gasteiger partial charge on any atom is -0.493 e. The lowest BCUT2D eigenvalue weighted by molar-refractivity contribution is -0.155. The van der Waals surface area contributed by atoms with Crippen molar-refractivity contribution in [2.24, 2.45) is 10.9 Å². The van der Waals surface area contributed by atoms with E-state index >= 15 is 0 Å². The number of carbonyl (C=O) groups excluding carboxylic acids is 2. The molecule has 1 aromatic carbocycles. The Labute approximate surface area is 160 Å². The number of benzene rings is 1. The van der Waals surface area contributed by atoms with Crippen LogP contribution >= 0.6 is 0 Å². The van der Waals surface area contributed by atoms with Crippen molar-refractivity contribution in [3.05, 3.63) is 23.3 Å². The Balaban J connectivity index is 2.24. The van der Waals surface area contributed by atoms with Crippen molar-refractivity contribution in [3.8, 4) is 5.75 Å². The van der Waals surface area contributed by atoms with Gasteiger partial charge in [-0.2, -0.15) is 0 Å². The first kappa shape index (κ1) is 20.9. The number of hydrogen-bond donors (Lipinski definition) is 0. The van der Waals surface area contributed by atoms with Crippen LogP contribution in [0.5, 0.6) is 5.75 Å². The van der Waals surface area contributed by atoms with Crippen LogP contribution in [0.25, 0.3) is 0 Å². The van der Waals surface area contributed by atoms with Crippen molar-refractivity contribution in [3.63, 3.8) is 0 Å². The van der Waals surface area contributed by atoms with Crippen molar-refractivity contribution < 1.29 is 23.8 Å². The maximum Gasteiger partial charge on any atom is 0.340 e. The average Bonchev–Trinajstić information content (AvgIpc) is 2.57. The fourth-order valence-corrected chi connectivity index (χ4v) is 3.00. The molecule has 0 saturated carbocycles. The fraction of sp³-hybridized carbons (Fsp3) is 0.571.